The van der Waals surface area contributed by atoms with E-state index in [9.17, 15) is 9.18 Å². The molecule has 1 aromatic rings. The number of hydrogen-bond donors (Lipinski definition) is 2. The van der Waals surface area contributed by atoms with E-state index >= 15 is 0 Å². The zero-order chi connectivity index (χ0) is 6.85. The summed E-state index contributed by atoms with van der Waals surface area (Å²) in [4.78, 5) is 12.7. The van der Waals surface area contributed by atoms with E-state index in [0.717, 1.165) is 6.07 Å². The molecule has 0 unspecified atom stereocenters. The molecule has 48 valence electrons. The van der Waals surface area contributed by atoms with Crippen molar-refractivity contribution >= 4 is 5.82 Å². The number of nitrogens with two attached hydrogens (primary N) is 1. The van der Waals surface area contributed by atoms with Crippen LogP contribution in [0.15, 0.2) is 17.1 Å². The van der Waals surface area contributed by atoms with Gasteiger partial charge in [-0.2, -0.15) is 4.39 Å². The predicted octanol–water partition coefficient (Wildman–Crippen LogP) is 0.0962. The summed E-state index contributed by atoms with van der Waals surface area (Å²) in [7, 11) is 0. The fourth-order valence-corrected chi connectivity index (χ4v) is 0.476. The number of aromatic amines is 1. The summed E-state index contributed by atoms with van der Waals surface area (Å²) in [6, 6.07) is 1.08. The van der Waals surface area contributed by atoms with Crippen molar-refractivity contribution in [2.75, 3.05) is 5.73 Å². The molecular weight excluding hydrogens is 123 g/mol. The van der Waals surface area contributed by atoms with Crippen LogP contribution in [-0.2, 0) is 0 Å². The second-order valence-corrected chi connectivity index (χ2v) is 1.57. The van der Waals surface area contributed by atoms with Gasteiger partial charge in [0.25, 0.3) is 0 Å². The van der Waals surface area contributed by atoms with E-state index in [1.807, 2.05) is 0 Å². The quantitative estimate of drug-likeness (QED) is 0.520. The lowest BCUT2D eigenvalue weighted by atomic mass is 10.4. The van der Waals surface area contributed by atoms with Gasteiger partial charge >= 0.3 is 0 Å². The summed E-state index contributed by atoms with van der Waals surface area (Å²) in [5, 5.41) is 0. The Morgan fingerprint density at radius 3 is 2.78 bits per heavy atom. The monoisotopic (exact) mass is 128 g/mol. The van der Waals surface area contributed by atoms with Crippen LogP contribution in [0, 0.1) is 5.82 Å². The average molecular weight is 128 g/mol. The van der Waals surface area contributed by atoms with Crippen molar-refractivity contribution in [3.63, 3.8) is 0 Å². The maximum atomic E-state index is 12.3. The molecule has 1 rings (SSSR count). The highest BCUT2D eigenvalue weighted by Crippen LogP contribution is 1.95. The Kier molecular flexibility index (Phi) is 1.22. The van der Waals surface area contributed by atoms with Crippen molar-refractivity contribution in [3.05, 3.63) is 28.3 Å². The van der Waals surface area contributed by atoms with Crippen LogP contribution in [0.4, 0.5) is 10.2 Å². The van der Waals surface area contributed by atoms with Gasteiger partial charge in [-0.15, -0.1) is 0 Å². The van der Waals surface area contributed by atoms with Gasteiger partial charge < -0.3 is 10.7 Å². The highest BCUT2D eigenvalue weighted by Gasteiger charge is 1.98. The Labute approximate surface area is 50.3 Å². The van der Waals surface area contributed by atoms with Gasteiger partial charge in [0.05, 0.1) is 0 Å². The minimum atomic E-state index is -0.919. The molecule has 0 atom stereocenters. The molecule has 3 nitrogen and oxygen atoms in total. The molecular formula is C5H5FN2O. The summed E-state index contributed by atoms with van der Waals surface area (Å²) in [6.07, 6.45) is 1.29. The summed E-state index contributed by atoms with van der Waals surface area (Å²) in [6.45, 7) is 0. The van der Waals surface area contributed by atoms with E-state index in [1.165, 1.54) is 6.20 Å². The molecule has 0 saturated carbocycles. The van der Waals surface area contributed by atoms with E-state index < -0.39 is 11.2 Å². The van der Waals surface area contributed by atoms with Gasteiger partial charge in [-0.1, -0.05) is 0 Å². The van der Waals surface area contributed by atoms with Crippen LogP contribution in [0.25, 0.3) is 0 Å². The van der Waals surface area contributed by atoms with E-state index in [0.29, 0.717) is 0 Å². The minimum absolute atomic E-state index is 0.220. The minimum Gasteiger partial charge on any atom is -0.383 e. The van der Waals surface area contributed by atoms with E-state index in [-0.39, 0.29) is 5.82 Å². The maximum Gasteiger partial charge on any atom is 0.219 e. The van der Waals surface area contributed by atoms with Gasteiger partial charge in [-0.05, 0) is 0 Å². The first-order chi connectivity index (χ1) is 4.22. The van der Waals surface area contributed by atoms with Gasteiger partial charge in [0.1, 0.15) is 5.82 Å². The third-order valence-corrected chi connectivity index (χ3v) is 0.926. The first kappa shape index (κ1) is 5.81. The first-order valence-corrected chi connectivity index (χ1v) is 2.34. The van der Waals surface area contributed by atoms with Gasteiger partial charge in [-0.25, -0.2) is 0 Å². The van der Waals surface area contributed by atoms with Crippen molar-refractivity contribution in [1.82, 2.24) is 4.98 Å². The molecule has 0 saturated heterocycles. The molecule has 3 N–H and O–H groups in total. The highest BCUT2D eigenvalue weighted by molar-refractivity contribution is 5.28. The van der Waals surface area contributed by atoms with Crippen molar-refractivity contribution < 1.29 is 4.39 Å². The Bertz CT molecular complexity index is 268. The van der Waals surface area contributed by atoms with Gasteiger partial charge in [0.15, 0.2) is 0 Å². The fraction of sp³-hybridized carbons (Fsp3) is 0. The standard InChI is InChI=1S/C5H5FN2O/c6-4-3(9)1-2-8-5(4)7/h1-2H,(H3,7,8,9). The second-order valence-electron chi connectivity index (χ2n) is 1.57. The molecule has 9 heavy (non-hydrogen) atoms. The molecule has 0 spiro atoms. The molecule has 0 aliphatic heterocycles. The molecule has 1 aromatic heterocycles. The maximum absolute atomic E-state index is 12.3. The first-order valence-electron chi connectivity index (χ1n) is 2.34. The van der Waals surface area contributed by atoms with Crippen LogP contribution in [0.2, 0.25) is 0 Å². The van der Waals surface area contributed by atoms with E-state index in [4.69, 9.17) is 5.73 Å². The van der Waals surface area contributed by atoms with Crippen LogP contribution in [0.1, 0.15) is 0 Å². The molecule has 4 heteroatoms. The second kappa shape index (κ2) is 1.89. The molecule has 1 heterocycles. The zero-order valence-electron chi connectivity index (χ0n) is 4.52. The Morgan fingerprint density at radius 1 is 1.67 bits per heavy atom. The molecule has 0 aliphatic carbocycles. The molecule has 0 fully saturated rings. The lowest BCUT2D eigenvalue weighted by Gasteiger charge is -1.90. The highest BCUT2D eigenvalue weighted by atomic mass is 19.1. The van der Waals surface area contributed by atoms with Crippen LogP contribution in [0.3, 0.4) is 0 Å². The molecule has 0 bridgehead atoms. The van der Waals surface area contributed by atoms with Crippen LogP contribution in [-0.4, -0.2) is 4.98 Å². The number of halogens is 1. The third kappa shape index (κ3) is 0.910. The number of pyridine rings is 1. The van der Waals surface area contributed by atoms with Gasteiger partial charge in [-0.3, -0.25) is 4.79 Å². The Morgan fingerprint density at radius 2 is 2.33 bits per heavy atom. The largest absolute Gasteiger partial charge is 0.383 e. The number of anilines is 1. The van der Waals surface area contributed by atoms with Gasteiger partial charge in [0, 0.05) is 12.3 Å². The number of H-pyrrole nitrogens is 1. The van der Waals surface area contributed by atoms with Crippen molar-refractivity contribution in [2.24, 2.45) is 0 Å². The summed E-state index contributed by atoms with van der Waals surface area (Å²) in [5.74, 6) is -1.14. The van der Waals surface area contributed by atoms with Crippen molar-refractivity contribution in [1.29, 1.82) is 0 Å². The zero-order valence-corrected chi connectivity index (χ0v) is 4.52. The third-order valence-electron chi connectivity index (χ3n) is 0.926. The Balaban J connectivity index is 3.43. The predicted molar refractivity (Wildman–Crippen MR) is 31.4 cm³/mol. The van der Waals surface area contributed by atoms with Crippen LogP contribution >= 0.6 is 0 Å². The lowest BCUT2D eigenvalue weighted by Crippen LogP contribution is -2.08. The lowest BCUT2D eigenvalue weighted by molar-refractivity contribution is 0.617. The number of nitrogens with one attached hydrogen (secondary N) is 1. The summed E-state index contributed by atoms with van der Waals surface area (Å²) >= 11 is 0. The normalized spacial score (nSPS) is 9.44. The topological polar surface area (TPSA) is 58.9 Å². The molecule has 0 amide bonds. The summed E-state index contributed by atoms with van der Waals surface area (Å²) < 4.78 is 12.3. The smallest absolute Gasteiger partial charge is 0.219 e. The summed E-state index contributed by atoms with van der Waals surface area (Å²) in [5.41, 5.74) is 4.30. The number of hydrogen-bond acceptors (Lipinski definition) is 2. The van der Waals surface area contributed by atoms with Crippen LogP contribution in [0.5, 0.6) is 0 Å². The van der Waals surface area contributed by atoms with E-state index in [1.54, 1.807) is 0 Å². The number of rotatable bonds is 0. The molecule has 0 aromatic carbocycles. The average Bonchev–Trinajstić information content (AvgIpc) is 1.83. The SMILES string of the molecule is Nc1[nH]ccc(=O)c1F. The fourth-order valence-electron chi connectivity index (χ4n) is 0.476. The number of aromatic nitrogens is 1. The molecule has 0 radical (unpaired) electrons. The Hall–Kier alpha value is -1.32. The van der Waals surface area contributed by atoms with Crippen molar-refractivity contribution in [2.45, 2.75) is 0 Å². The molecule has 0 aliphatic rings. The van der Waals surface area contributed by atoms with Crippen molar-refractivity contribution in [3.8, 4) is 0 Å². The van der Waals surface area contributed by atoms with E-state index in [2.05, 4.69) is 4.98 Å². The van der Waals surface area contributed by atoms with Crippen LogP contribution < -0.4 is 11.2 Å². The van der Waals surface area contributed by atoms with Gasteiger partial charge in [0.2, 0.25) is 11.2 Å². The number of nitrogen functional groups attached to an aromatic ring is 1.